The van der Waals surface area contributed by atoms with Crippen molar-refractivity contribution in [3.63, 3.8) is 0 Å². The van der Waals surface area contributed by atoms with Gasteiger partial charge in [-0.15, -0.1) is 0 Å². The molecule has 1 heterocycles. The standard InChI is InChI=1S/C6H11N4O3P/c7-5(8)10-2-1-3-6(9,4(11)12)14(3)13/h1-2,9H2,(H,11,12)(H4,7,8,10). The van der Waals surface area contributed by atoms with Crippen molar-refractivity contribution in [1.29, 1.82) is 0 Å². The number of carboxylic acids is 1. The molecule has 1 rings (SSSR count). The van der Waals surface area contributed by atoms with E-state index in [4.69, 9.17) is 22.3 Å². The van der Waals surface area contributed by atoms with E-state index in [0.29, 0.717) is 5.29 Å². The number of hydrogen-bond acceptors (Lipinski definition) is 4. The molecule has 7 nitrogen and oxygen atoms in total. The second kappa shape index (κ2) is 3.53. The van der Waals surface area contributed by atoms with Crippen LogP contribution in [0.25, 0.3) is 0 Å². The maximum atomic E-state index is 11.2. The average Bonchev–Trinajstić information content (AvgIpc) is 2.58. The van der Waals surface area contributed by atoms with Crippen molar-refractivity contribution in [3.8, 4) is 0 Å². The number of nitrogens with zero attached hydrogens (tertiary/aromatic N) is 1. The van der Waals surface area contributed by atoms with Crippen LogP contribution in [0.2, 0.25) is 0 Å². The molecule has 2 atom stereocenters. The number of carboxylic acid groups (broad SMARTS) is 1. The van der Waals surface area contributed by atoms with Crippen LogP contribution < -0.4 is 22.1 Å². The molecule has 8 heteroatoms. The van der Waals surface area contributed by atoms with E-state index < -0.39 is 19.0 Å². The molecule has 0 saturated carbocycles. The van der Waals surface area contributed by atoms with Gasteiger partial charge in [0.05, 0.1) is 6.54 Å². The van der Waals surface area contributed by atoms with Crippen molar-refractivity contribution < 1.29 is 14.8 Å². The third-order valence-corrected chi connectivity index (χ3v) is 3.87. The molecule has 7 N–H and O–H groups in total. The summed E-state index contributed by atoms with van der Waals surface area (Å²) in [5, 5.41) is 7.31. The molecule has 0 saturated heterocycles. The third-order valence-electron chi connectivity index (χ3n) is 1.92. The highest BCUT2D eigenvalue weighted by molar-refractivity contribution is 7.67. The molecule has 0 fully saturated rings. The zero-order valence-electron chi connectivity index (χ0n) is 7.30. The number of aliphatic imine (C=N–C) groups is 1. The fourth-order valence-electron chi connectivity index (χ4n) is 1.08. The predicted molar refractivity (Wildman–Crippen MR) is 51.8 cm³/mol. The summed E-state index contributed by atoms with van der Waals surface area (Å²) in [4.78, 5) is 25.4. The highest BCUT2D eigenvalue weighted by Gasteiger charge is 2.65. The Labute approximate surface area is 81.1 Å². The number of carbonyl (C=O) groups is 1. The van der Waals surface area contributed by atoms with Gasteiger partial charge >= 0.3 is 11.2 Å². The number of guanidine groups is 1. The summed E-state index contributed by atoms with van der Waals surface area (Å²) in [6, 6.07) is 0. The molecule has 0 amide bonds. The SMILES string of the molecule is NC(N)=NCCC1=[P+]([O-])C1(N)C(=O)O. The molecule has 0 bridgehead atoms. The van der Waals surface area contributed by atoms with Crippen LogP contribution in [-0.2, 0) is 4.79 Å². The molecule has 1 aliphatic heterocycles. The van der Waals surface area contributed by atoms with Crippen molar-refractivity contribution >= 4 is 25.0 Å². The highest BCUT2D eigenvalue weighted by Crippen LogP contribution is 2.50. The number of hydrogen-bond donors (Lipinski definition) is 4. The lowest BCUT2D eigenvalue weighted by molar-refractivity contribution is -0.156. The minimum absolute atomic E-state index is 0.0839. The van der Waals surface area contributed by atoms with Crippen molar-refractivity contribution in [1.82, 2.24) is 0 Å². The lowest BCUT2D eigenvalue weighted by atomic mass is 10.2. The second-order valence-corrected chi connectivity index (χ2v) is 4.70. The molecular formula is C6H11N4O3P. The van der Waals surface area contributed by atoms with Crippen molar-refractivity contribution in [3.05, 3.63) is 0 Å². The quantitative estimate of drug-likeness (QED) is 0.229. The molecule has 0 spiro atoms. The molecule has 0 radical (unpaired) electrons. The van der Waals surface area contributed by atoms with Crippen molar-refractivity contribution in [2.24, 2.45) is 22.2 Å². The third kappa shape index (κ3) is 1.70. The van der Waals surface area contributed by atoms with Crippen LogP contribution in [0.3, 0.4) is 0 Å². The molecule has 1 aliphatic rings. The number of nitrogens with two attached hydrogens (primary N) is 3. The van der Waals surface area contributed by atoms with Gasteiger partial charge in [0.25, 0.3) is 0 Å². The van der Waals surface area contributed by atoms with Gasteiger partial charge in [0.1, 0.15) is 7.77 Å². The maximum Gasteiger partial charge on any atom is 0.379 e. The van der Waals surface area contributed by atoms with Crippen LogP contribution in [0.15, 0.2) is 4.99 Å². The zero-order chi connectivity index (χ0) is 10.9. The van der Waals surface area contributed by atoms with Crippen LogP contribution in [0.4, 0.5) is 0 Å². The van der Waals surface area contributed by atoms with E-state index in [-0.39, 0.29) is 18.9 Å². The fourth-order valence-corrected chi connectivity index (χ4v) is 2.46. The highest BCUT2D eigenvalue weighted by atomic mass is 31.1. The largest absolute Gasteiger partial charge is 0.628 e. The van der Waals surface area contributed by atoms with E-state index >= 15 is 0 Å². The van der Waals surface area contributed by atoms with Crippen LogP contribution in [-0.4, -0.2) is 34.2 Å². The molecule has 2 unspecified atom stereocenters. The first kappa shape index (κ1) is 10.9. The molecule has 0 aromatic rings. The van der Waals surface area contributed by atoms with Crippen molar-refractivity contribution in [2.75, 3.05) is 6.54 Å². The Hall–Kier alpha value is -1.17. The molecular weight excluding hydrogens is 207 g/mol. The summed E-state index contributed by atoms with van der Waals surface area (Å²) in [5.41, 5.74) is 15.5. The lowest BCUT2D eigenvalue weighted by Crippen LogP contribution is -2.40. The van der Waals surface area contributed by atoms with Crippen LogP contribution in [0, 0.1) is 0 Å². The Balaban J connectivity index is 2.50. The normalized spacial score (nSPS) is 27.3. The summed E-state index contributed by atoms with van der Waals surface area (Å²) in [6.45, 7) is 0.213. The molecule has 0 aromatic heterocycles. The monoisotopic (exact) mass is 218 g/mol. The summed E-state index contributed by atoms with van der Waals surface area (Å²) >= 11 is 0. The Morgan fingerprint density at radius 2 is 2.21 bits per heavy atom. The predicted octanol–water partition coefficient (Wildman–Crippen LogP) is -2.67. The average molecular weight is 218 g/mol. The Morgan fingerprint density at radius 3 is 2.57 bits per heavy atom. The van der Waals surface area contributed by atoms with Gasteiger partial charge < -0.3 is 21.5 Å². The Bertz CT molecular complexity index is 336. The van der Waals surface area contributed by atoms with E-state index in [1.54, 1.807) is 0 Å². The van der Waals surface area contributed by atoms with Crippen LogP contribution >= 0.6 is 7.77 Å². The molecule has 78 valence electrons. The zero-order valence-corrected chi connectivity index (χ0v) is 8.20. The molecule has 14 heavy (non-hydrogen) atoms. The van der Waals surface area contributed by atoms with Gasteiger partial charge in [-0.25, -0.2) is 4.79 Å². The topological polar surface area (TPSA) is 151 Å². The molecule has 0 aliphatic carbocycles. The minimum Gasteiger partial charge on any atom is -0.628 e. The second-order valence-electron chi connectivity index (χ2n) is 2.87. The Kier molecular flexibility index (Phi) is 2.75. The Morgan fingerprint density at radius 1 is 1.64 bits per heavy atom. The summed E-state index contributed by atoms with van der Waals surface area (Å²) in [5.74, 6) is -1.35. The first-order valence-corrected chi connectivity index (χ1v) is 5.08. The van der Waals surface area contributed by atoms with E-state index in [9.17, 15) is 9.69 Å². The van der Waals surface area contributed by atoms with Gasteiger partial charge in [0, 0.05) is 6.42 Å². The minimum atomic E-state index is -1.96. The summed E-state index contributed by atoms with van der Waals surface area (Å²) < 4.78 is 0. The molecule has 0 aromatic carbocycles. The van der Waals surface area contributed by atoms with Gasteiger partial charge in [0.15, 0.2) is 11.3 Å². The first-order chi connectivity index (χ1) is 6.40. The van der Waals surface area contributed by atoms with E-state index in [1.807, 2.05) is 0 Å². The van der Waals surface area contributed by atoms with E-state index in [2.05, 4.69) is 4.99 Å². The lowest BCUT2D eigenvalue weighted by Gasteiger charge is -1.97. The van der Waals surface area contributed by atoms with Gasteiger partial charge in [-0.1, -0.05) is 0 Å². The maximum absolute atomic E-state index is 11.2. The van der Waals surface area contributed by atoms with Gasteiger partial charge in [-0.2, -0.15) is 0 Å². The fraction of sp³-hybridized carbons (Fsp3) is 0.500. The number of rotatable bonds is 4. The van der Waals surface area contributed by atoms with Crippen molar-refractivity contribution in [2.45, 2.75) is 11.7 Å². The smallest absolute Gasteiger partial charge is 0.379 e. The summed E-state index contributed by atoms with van der Waals surface area (Å²) in [6.07, 6.45) is 0.246. The first-order valence-electron chi connectivity index (χ1n) is 3.82. The van der Waals surface area contributed by atoms with Crippen LogP contribution in [0.5, 0.6) is 0 Å². The van der Waals surface area contributed by atoms with Crippen LogP contribution in [0.1, 0.15) is 6.42 Å². The van der Waals surface area contributed by atoms with Gasteiger partial charge in [-0.05, 0) is 0 Å². The summed E-state index contributed by atoms with van der Waals surface area (Å²) in [7, 11) is -1.96. The number of aliphatic carboxylic acids is 1. The van der Waals surface area contributed by atoms with E-state index in [1.165, 1.54) is 0 Å². The van der Waals surface area contributed by atoms with Gasteiger partial charge in [0.2, 0.25) is 0 Å². The van der Waals surface area contributed by atoms with Gasteiger partial charge in [-0.3, -0.25) is 10.7 Å². The van der Waals surface area contributed by atoms with E-state index in [0.717, 1.165) is 0 Å².